The molecule has 3 rings (SSSR count). The van der Waals surface area contributed by atoms with Crippen molar-refractivity contribution < 1.29 is 4.79 Å². The number of fused-ring (bicyclic) bond motifs is 1. The number of rotatable bonds is 4. The summed E-state index contributed by atoms with van der Waals surface area (Å²) in [5, 5.41) is 5.04. The zero-order valence-electron chi connectivity index (χ0n) is 14.1. The number of nitrogens with zero attached hydrogens (tertiary/aromatic N) is 1. The van der Waals surface area contributed by atoms with E-state index in [2.05, 4.69) is 5.32 Å². The molecule has 1 amide bonds. The number of aryl methyl sites for hydroxylation is 1. The molecule has 0 unspecified atom stereocenters. The summed E-state index contributed by atoms with van der Waals surface area (Å²) in [6.07, 6.45) is 9.52. The van der Waals surface area contributed by atoms with Crippen LogP contribution in [0.4, 0.5) is 0 Å². The molecule has 0 atom stereocenters. The smallest absolute Gasteiger partial charge is 0.253 e. The lowest BCUT2D eigenvalue weighted by atomic mass is 10.0. The second-order valence-corrected chi connectivity index (χ2v) is 7.52. The standard InChI is InChI=1S/C19H24Cl2N2O/c1-2-23-12-15(18-16(21)9-14(20)10-17(18)23)19(24)22-11-13-7-5-3-4-6-8-13/h9-10,12-13H,2-8,11H2,1H3,(H,22,24). The number of carbonyl (C=O) groups is 1. The quantitative estimate of drug-likeness (QED) is 0.695. The molecule has 0 aliphatic heterocycles. The van der Waals surface area contributed by atoms with Crippen LogP contribution in [0, 0.1) is 5.92 Å². The van der Waals surface area contributed by atoms with Gasteiger partial charge in [0.05, 0.1) is 16.1 Å². The van der Waals surface area contributed by atoms with Gasteiger partial charge in [0.2, 0.25) is 0 Å². The molecule has 1 aliphatic rings. The summed E-state index contributed by atoms with van der Waals surface area (Å²) in [4.78, 5) is 12.7. The fraction of sp³-hybridized carbons (Fsp3) is 0.526. The van der Waals surface area contributed by atoms with Crippen molar-refractivity contribution >= 4 is 40.0 Å². The number of hydrogen-bond donors (Lipinski definition) is 1. The molecule has 0 radical (unpaired) electrons. The van der Waals surface area contributed by atoms with E-state index in [1.807, 2.05) is 23.8 Å². The summed E-state index contributed by atoms with van der Waals surface area (Å²) in [6, 6.07) is 3.57. The average molecular weight is 367 g/mol. The summed E-state index contributed by atoms with van der Waals surface area (Å²) in [6.45, 7) is 3.56. The SMILES string of the molecule is CCn1cc(C(=O)NCC2CCCCCC2)c2c(Cl)cc(Cl)cc21. The van der Waals surface area contributed by atoms with Gasteiger partial charge in [-0.1, -0.05) is 48.9 Å². The summed E-state index contributed by atoms with van der Waals surface area (Å²) >= 11 is 12.5. The zero-order chi connectivity index (χ0) is 17.1. The Morgan fingerprint density at radius 2 is 1.92 bits per heavy atom. The fourth-order valence-corrected chi connectivity index (χ4v) is 4.26. The van der Waals surface area contributed by atoms with Gasteiger partial charge in [-0.05, 0) is 37.8 Å². The van der Waals surface area contributed by atoms with Gasteiger partial charge in [0, 0.05) is 29.7 Å². The van der Waals surface area contributed by atoms with E-state index < -0.39 is 0 Å². The molecule has 0 spiro atoms. The molecule has 2 aromatic rings. The van der Waals surface area contributed by atoms with Gasteiger partial charge in [0.1, 0.15) is 0 Å². The van der Waals surface area contributed by atoms with Crippen LogP contribution in [-0.2, 0) is 6.54 Å². The maximum Gasteiger partial charge on any atom is 0.253 e. The van der Waals surface area contributed by atoms with Gasteiger partial charge in [-0.25, -0.2) is 0 Å². The van der Waals surface area contributed by atoms with Gasteiger partial charge in [-0.15, -0.1) is 0 Å². The molecule has 0 bridgehead atoms. The van der Waals surface area contributed by atoms with Crippen LogP contribution in [-0.4, -0.2) is 17.0 Å². The number of nitrogens with one attached hydrogen (secondary N) is 1. The molecule has 1 saturated carbocycles. The third-order valence-electron chi connectivity index (χ3n) is 5.01. The van der Waals surface area contributed by atoms with E-state index in [4.69, 9.17) is 23.2 Å². The van der Waals surface area contributed by atoms with Crippen molar-refractivity contribution in [1.29, 1.82) is 0 Å². The molecule has 1 aliphatic carbocycles. The number of halogens is 2. The molecule has 3 nitrogen and oxygen atoms in total. The van der Waals surface area contributed by atoms with Crippen LogP contribution in [0.15, 0.2) is 18.3 Å². The fourth-order valence-electron chi connectivity index (χ4n) is 3.68. The van der Waals surface area contributed by atoms with E-state index in [1.54, 1.807) is 6.07 Å². The molecule has 1 fully saturated rings. The Hall–Kier alpha value is -1.19. The van der Waals surface area contributed by atoms with Gasteiger partial charge >= 0.3 is 0 Å². The number of aromatic nitrogens is 1. The Bertz CT molecular complexity index is 731. The first-order valence-electron chi connectivity index (χ1n) is 8.86. The van der Waals surface area contributed by atoms with Crippen molar-refractivity contribution in [3.05, 3.63) is 33.9 Å². The third-order valence-corrected chi connectivity index (χ3v) is 5.53. The van der Waals surface area contributed by atoms with Gasteiger partial charge < -0.3 is 9.88 Å². The molecule has 1 heterocycles. The molecule has 1 aromatic carbocycles. The van der Waals surface area contributed by atoms with Gasteiger partial charge in [0.25, 0.3) is 5.91 Å². The van der Waals surface area contributed by atoms with Crippen molar-refractivity contribution in [3.8, 4) is 0 Å². The van der Waals surface area contributed by atoms with Crippen LogP contribution in [0.25, 0.3) is 10.9 Å². The van der Waals surface area contributed by atoms with Crippen LogP contribution in [0.2, 0.25) is 10.0 Å². The monoisotopic (exact) mass is 366 g/mol. The number of carbonyl (C=O) groups excluding carboxylic acids is 1. The van der Waals surface area contributed by atoms with Crippen LogP contribution >= 0.6 is 23.2 Å². The van der Waals surface area contributed by atoms with Crippen molar-refractivity contribution in [2.24, 2.45) is 5.92 Å². The molecule has 0 saturated heterocycles. The first kappa shape index (κ1) is 17.6. The highest BCUT2D eigenvalue weighted by Crippen LogP contribution is 2.32. The minimum absolute atomic E-state index is 0.0410. The highest BCUT2D eigenvalue weighted by Gasteiger charge is 2.19. The first-order valence-corrected chi connectivity index (χ1v) is 9.61. The van der Waals surface area contributed by atoms with Crippen LogP contribution < -0.4 is 5.32 Å². The van der Waals surface area contributed by atoms with E-state index in [1.165, 1.54) is 38.5 Å². The van der Waals surface area contributed by atoms with Gasteiger partial charge in [0.15, 0.2) is 0 Å². The Labute approximate surface area is 153 Å². The van der Waals surface area contributed by atoms with Crippen molar-refractivity contribution in [3.63, 3.8) is 0 Å². The molecule has 1 N–H and O–H groups in total. The van der Waals surface area contributed by atoms with E-state index >= 15 is 0 Å². The molecule has 24 heavy (non-hydrogen) atoms. The Morgan fingerprint density at radius 3 is 2.58 bits per heavy atom. The van der Waals surface area contributed by atoms with E-state index in [9.17, 15) is 4.79 Å². The summed E-state index contributed by atoms with van der Waals surface area (Å²) in [5.41, 5.74) is 1.55. The summed E-state index contributed by atoms with van der Waals surface area (Å²) in [7, 11) is 0. The summed E-state index contributed by atoms with van der Waals surface area (Å²) < 4.78 is 2.02. The van der Waals surface area contributed by atoms with Crippen molar-refractivity contribution in [1.82, 2.24) is 9.88 Å². The minimum Gasteiger partial charge on any atom is -0.352 e. The first-order chi connectivity index (χ1) is 11.6. The highest BCUT2D eigenvalue weighted by atomic mass is 35.5. The maximum absolute atomic E-state index is 12.7. The van der Waals surface area contributed by atoms with Crippen LogP contribution in [0.3, 0.4) is 0 Å². The Morgan fingerprint density at radius 1 is 1.21 bits per heavy atom. The second-order valence-electron chi connectivity index (χ2n) is 6.68. The number of benzene rings is 1. The summed E-state index contributed by atoms with van der Waals surface area (Å²) in [5.74, 6) is 0.557. The average Bonchev–Trinajstić information content (AvgIpc) is 2.74. The molecular weight excluding hydrogens is 343 g/mol. The van der Waals surface area contributed by atoms with E-state index in [0.29, 0.717) is 21.5 Å². The lowest BCUT2D eigenvalue weighted by Crippen LogP contribution is -2.29. The minimum atomic E-state index is -0.0410. The normalized spacial score (nSPS) is 16.3. The Balaban J connectivity index is 1.81. The lowest BCUT2D eigenvalue weighted by molar-refractivity contribution is 0.0947. The molecule has 5 heteroatoms. The van der Waals surface area contributed by atoms with Gasteiger partial charge in [-0.2, -0.15) is 0 Å². The predicted molar refractivity (Wildman–Crippen MR) is 101 cm³/mol. The second kappa shape index (κ2) is 7.79. The topological polar surface area (TPSA) is 34.0 Å². The lowest BCUT2D eigenvalue weighted by Gasteiger charge is -2.14. The highest BCUT2D eigenvalue weighted by molar-refractivity contribution is 6.39. The maximum atomic E-state index is 12.7. The largest absolute Gasteiger partial charge is 0.352 e. The van der Waals surface area contributed by atoms with Crippen molar-refractivity contribution in [2.45, 2.75) is 52.0 Å². The van der Waals surface area contributed by atoms with Crippen LogP contribution in [0.1, 0.15) is 55.8 Å². The molecular formula is C19H24Cl2N2O. The van der Waals surface area contributed by atoms with Crippen LogP contribution in [0.5, 0.6) is 0 Å². The Kier molecular flexibility index (Phi) is 5.72. The predicted octanol–water partition coefficient (Wildman–Crippen LogP) is 5.67. The van der Waals surface area contributed by atoms with Gasteiger partial charge in [-0.3, -0.25) is 4.79 Å². The molecule has 130 valence electrons. The zero-order valence-corrected chi connectivity index (χ0v) is 15.6. The van der Waals surface area contributed by atoms with E-state index in [0.717, 1.165) is 24.0 Å². The number of hydrogen-bond acceptors (Lipinski definition) is 1. The third kappa shape index (κ3) is 3.73. The van der Waals surface area contributed by atoms with E-state index in [-0.39, 0.29) is 5.91 Å². The van der Waals surface area contributed by atoms with Crippen molar-refractivity contribution in [2.75, 3.05) is 6.54 Å². The number of amides is 1. The molecule has 1 aromatic heterocycles.